The Balaban J connectivity index is 1.83. The van der Waals surface area contributed by atoms with Crippen LogP contribution in [-0.2, 0) is 27.4 Å². The van der Waals surface area contributed by atoms with Crippen molar-refractivity contribution in [1.29, 1.82) is 0 Å². The average molecular weight is 377 g/mol. The molecule has 1 amide bonds. The fourth-order valence-electron chi connectivity index (χ4n) is 2.10. The van der Waals surface area contributed by atoms with Gasteiger partial charge in [-0.05, 0) is 24.0 Å². The minimum atomic E-state index is -0.745. The van der Waals surface area contributed by atoms with E-state index in [2.05, 4.69) is 0 Å². The minimum Gasteiger partial charge on any atom is -0.454 e. The molecular weight excluding hydrogens is 358 g/mol. The predicted molar refractivity (Wildman–Crippen MR) is 97.0 cm³/mol. The molecule has 0 radical (unpaired) electrons. The Hall–Kier alpha value is -2.81. The highest BCUT2D eigenvalue weighted by Gasteiger charge is 2.13. The monoisotopic (exact) mass is 377 g/mol. The fourth-order valence-corrected chi connectivity index (χ4v) is 2.51. The summed E-state index contributed by atoms with van der Waals surface area (Å²) in [5.41, 5.74) is -0.307. The van der Waals surface area contributed by atoms with Gasteiger partial charge in [-0.1, -0.05) is 12.1 Å². The van der Waals surface area contributed by atoms with Crippen LogP contribution in [0.1, 0.15) is 5.56 Å². The topological polar surface area (TPSA) is 101 Å². The second kappa shape index (κ2) is 9.04. The Bertz CT molecular complexity index is 888. The Labute approximate surface area is 153 Å². The number of H-pyrrole nitrogens is 1. The highest BCUT2D eigenvalue weighted by molar-refractivity contribution is 7.98. The molecule has 9 heteroatoms. The van der Waals surface area contributed by atoms with E-state index >= 15 is 0 Å². The van der Waals surface area contributed by atoms with E-state index in [9.17, 15) is 19.2 Å². The summed E-state index contributed by atoms with van der Waals surface area (Å²) >= 11 is 1.63. The van der Waals surface area contributed by atoms with Gasteiger partial charge in [0.25, 0.3) is 11.5 Å². The zero-order chi connectivity index (χ0) is 19.1. The molecule has 0 unspecified atom stereocenters. The van der Waals surface area contributed by atoms with Crippen LogP contribution in [0.5, 0.6) is 0 Å². The normalized spacial score (nSPS) is 10.4. The highest BCUT2D eigenvalue weighted by atomic mass is 32.2. The lowest BCUT2D eigenvalue weighted by Crippen LogP contribution is -2.34. The number of likely N-dealkylation sites (N-methyl/N-ethyl adjacent to an activating group) is 1. The Kier molecular flexibility index (Phi) is 6.79. The van der Waals surface area contributed by atoms with Gasteiger partial charge in [-0.25, -0.2) is 4.79 Å². The molecule has 0 saturated carbocycles. The molecule has 0 aliphatic carbocycles. The Morgan fingerprint density at radius 2 is 1.88 bits per heavy atom. The second-order valence-corrected chi connectivity index (χ2v) is 6.38. The molecule has 0 spiro atoms. The maximum absolute atomic E-state index is 12.1. The first-order chi connectivity index (χ1) is 12.4. The third-order valence-electron chi connectivity index (χ3n) is 3.56. The molecule has 0 aliphatic heterocycles. The van der Waals surface area contributed by atoms with Crippen molar-refractivity contribution in [1.82, 2.24) is 14.5 Å². The maximum Gasteiger partial charge on any atom is 0.328 e. The van der Waals surface area contributed by atoms with Crippen molar-refractivity contribution in [2.45, 2.75) is 18.0 Å². The summed E-state index contributed by atoms with van der Waals surface area (Å²) in [4.78, 5) is 50.9. The minimum absolute atomic E-state index is 0.360. The quantitative estimate of drug-likeness (QED) is 0.556. The number of nitrogens with zero attached hydrogens (tertiary/aromatic N) is 2. The number of amides is 1. The number of thioether (sulfide) groups is 1. The number of nitrogens with one attached hydrogen (secondary N) is 1. The number of hydrogen-bond donors (Lipinski definition) is 1. The number of ether oxygens (including phenoxy) is 1. The van der Waals surface area contributed by atoms with E-state index in [1.807, 2.05) is 35.5 Å². The van der Waals surface area contributed by atoms with E-state index in [-0.39, 0.29) is 12.5 Å². The molecule has 1 aromatic carbocycles. The summed E-state index contributed by atoms with van der Waals surface area (Å²) < 4.78 is 5.89. The number of aromatic amines is 1. The van der Waals surface area contributed by atoms with Crippen LogP contribution in [0, 0.1) is 0 Å². The van der Waals surface area contributed by atoms with Crippen molar-refractivity contribution in [3.05, 3.63) is 62.9 Å². The number of benzene rings is 1. The maximum atomic E-state index is 12.1. The summed E-state index contributed by atoms with van der Waals surface area (Å²) in [6, 6.07) is 8.94. The van der Waals surface area contributed by atoms with Crippen LogP contribution in [0.25, 0.3) is 0 Å². The van der Waals surface area contributed by atoms with Gasteiger partial charge >= 0.3 is 11.7 Å². The molecule has 0 fully saturated rings. The molecule has 1 heterocycles. The standard InChI is InChI=1S/C17H19N3O5S/c1-19(9-12-3-5-13(26-2)6-4-12)15(22)11-25-16(23)10-20-8-7-14(21)18-17(20)24/h3-8H,9-11H2,1-2H3,(H,18,21,24). The summed E-state index contributed by atoms with van der Waals surface area (Å²) in [5.74, 6) is -1.11. The Morgan fingerprint density at radius 3 is 2.50 bits per heavy atom. The third kappa shape index (κ3) is 5.62. The van der Waals surface area contributed by atoms with Crippen LogP contribution in [0.2, 0.25) is 0 Å². The van der Waals surface area contributed by atoms with E-state index in [0.29, 0.717) is 6.54 Å². The number of carbonyl (C=O) groups excluding carboxylic acids is 2. The van der Waals surface area contributed by atoms with E-state index in [1.54, 1.807) is 18.8 Å². The highest BCUT2D eigenvalue weighted by Crippen LogP contribution is 2.15. The number of carbonyl (C=O) groups is 2. The number of rotatable bonds is 7. The molecule has 0 bridgehead atoms. The van der Waals surface area contributed by atoms with Crippen molar-refractivity contribution in [2.24, 2.45) is 0 Å². The van der Waals surface area contributed by atoms with Crippen LogP contribution in [0.15, 0.2) is 51.0 Å². The molecular formula is C17H19N3O5S. The second-order valence-electron chi connectivity index (χ2n) is 5.50. The van der Waals surface area contributed by atoms with Gasteiger partial charge in [0.15, 0.2) is 6.61 Å². The van der Waals surface area contributed by atoms with E-state index in [4.69, 9.17) is 4.74 Å². The van der Waals surface area contributed by atoms with Gasteiger partial charge in [-0.2, -0.15) is 0 Å². The van der Waals surface area contributed by atoms with Gasteiger partial charge in [0.05, 0.1) is 0 Å². The van der Waals surface area contributed by atoms with Crippen LogP contribution in [-0.4, -0.2) is 46.2 Å². The zero-order valence-corrected chi connectivity index (χ0v) is 15.2. The van der Waals surface area contributed by atoms with Crippen LogP contribution < -0.4 is 11.2 Å². The molecule has 138 valence electrons. The van der Waals surface area contributed by atoms with E-state index in [1.165, 1.54) is 11.1 Å². The summed E-state index contributed by atoms with van der Waals surface area (Å²) in [7, 11) is 1.62. The van der Waals surface area contributed by atoms with Crippen molar-refractivity contribution in [2.75, 3.05) is 19.9 Å². The van der Waals surface area contributed by atoms with Crippen molar-refractivity contribution in [3.63, 3.8) is 0 Å². The largest absolute Gasteiger partial charge is 0.454 e. The third-order valence-corrected chi connectivity index (χ3v) is 4.30. The first-order valence-electron chi connectivity index (χ1n) is 7.71. The van der Waals surface area contributed by atoms with Gasteiger partial charge < -0.3 is 9.64 Å². The van der Waals surface area contributed by atoms with Crippen molar-refractivity contribution >= 4 is 23.6 Å². The number of aromatic nitrogens is 2. The molecule has 0 atom stereocenters. The smallest absolute Gasteiger partial charge is 0.328 e. The van der Waals surface area contributed by atoms with Crippen LogP contribution >= 0.6 is 11.8 Å². The summed E-state index contributed by atoms with van der Waals surface area (Å²) in [6.45, 7) is -0.413. The van der Waals surface area contributed by atoms with Gasteiger partial charge in [0, 0.05) is 30.8 Å². The average Bonchev–Trinajstić information content (AvgIpc) is 2.62. The lowest BCUT2D eigenvalue weighted by molar-refractivity contribution is -0.152. The number of hydrogen-bond acceptors (Lipinski definition) is 6. The predicted octanol–water partition coefficient (Wildman–Crippen LogP) is 0.460. The van der Waals surface area contributed by atoms with Gasteiger partial charge in [0.1, 0.15) is 6.54 Å². The van der Waals surface area contributed by atoms with Gasteiger partial charge in [0.2, 0.25) is 0 Å². The van der Waals surface area contributed by atoms with Crippen molar-refractivity contribution < 1.29 is 14.3 Å². The first-order valence-corrected chi connectivity index (χ1v) is 8.94. The molecule has 1 N–H and O–H groups in total. The summed E-state index contributed by atoms with van der Waals surface area (Å²) in [5, 5.41) is 0. The molecule has 8 nitrogen and oxygen atoms in total. The molecule has 1 aromatic heterocycles. The molecule has 2 rings (SSSR count). The zero-order valence-electron chi connectivity index (χ0n) is 14.4. The van der Waals surface area contributed by atoms with Crippen LogP contribution in [0.3, 0.4) is 0 Å². The molecule has 0 saturated heterocycles. The molecule has 26 heavy (non-hydrogen) atoms. The summed E-state index contributed by atoms with van der Waals surface area (Å²) in [6.07, 6.45) is 3.18. The fraction of sp³-hybridized carbons (Fsp3) is 0.294. The SMILES string of the molecule is CSc1ccc(CN(C)C(=O)COC(=O)Cn2ccc(=O)[nH]c2=O)cc1. The lowest BCUT2D eigenvalue weighted by Gasteiger charge is -2.17. The lowest BCUT2D eigenvalue weighted by atomic mass is 10.2. The Morgan fingerprint density at radius 1 is 1.19 bits per heavy atom. The van der Waals surface area contributed by atoms with Gasteiger partial charge in [-0.3, -0.25) is 23.9 Å². The van der Waals surface area contributed by atoms with Crippen LogP contribution in [0.4, 0.5) is 0 Å². The van der Waals surface area contributed by atoms with Gasteiger partial charge in [-0.15, -0.1) is 11.8 Å². The number of esters is 1. The first kappa shape index (κ1) is 19.5. The molecule has 2 aromatic rings. The molecule has 0 aliphatic rings. The van der Waals surface area contributed by atoms with Crippen molar-refractivity contribution in [3.8, 4) is 0 Å². The van der Waals surface area contributed by atoms with E-state index < -0.39 is 23.8 Å². The van der Waals surface area contributed by atoms with E-state index in [0.717, 1.165) is 21.1 Å².